The Labute approximate surface area is 102 Å². The maximum atomic E-state index is 11.6. The molecule has 1 aromatic rings. The zero-order chi connectivity index (χ0) is 12.7. The van der Waals surface area contributed by atoms with Gasteiger partial charge in [0.15, 0.2) is 0 Å². The minimum absolute atomic E-state index is 0.0998. The van der Waals surface area contributed by atoms with Crippen LogP contribution < -0.4 is 10.6 Å². The van der Waals surface area contributed by atoms with Crippen molar-refractivity contribution in [3.05, 3.63) is 35.9 Å². The number of carbonyl (C=O) groups is 1. The Morgan fingerprint density at radius 3 is 2.47 bits per heavy atom. The predicted octanol–water partition coefficient (Wildman–Crippen LogP) is 0.834. The quantitative estimate of drug-likeness (QED) is 0.685. The second-order valence-corrected chi connectivity index (χ2v) is 4.25. The topological polar surface area (TPSA) is 61.4 Å². The van der Waals surface area contributed by atoms with Gasteiger partial charge in [-0.3, -0.25) is 4.79 Å². The molecule has 3 N–H and O–H groups in total. The lowest BCUT2D eigenvalue weighted by atomic mass is 10.1. The maximum absolute atomic E-state index is 11.6. The van der Waals surface area contributed by atoms with Crippen LogP contribution in [0.5, 0.6) is 0 Å². The number of nitrogens with one attached hydrogen (secondary N) is 2. The van der Waals surface area contributed by atoms with Crippen molar-refractivity contribution in [1.29, 1.82) is 0 Å². The van der Waals surface area contributed by atoms with Gasteiger partial charge in [-0.1, -0.05) is 44.2 Å². The van der Waals surface area contributed by atoms with E-state index in [4.69, 9.17) is 0 Å². The monoisotopic (exact) mass is 236 g/mol. The Kier molecular flexibility index (Phi) is 5.66. The van der Waals surface area contributed by atoms with Crippen LogP contribution in [0.3, 0.4) is 0 Å². The van der Waals surface area contributed by atoms with Crippen LogP contribution in [0.4, 0.5) is 0 Å². The maximum Gasteiger partial charge on any atom is 0.234 e. The fraction of sp³-hybridized carbons (Fsp3) is 0.462. The number of hydrogen-bond donors (Lipinski definition) is 3. The molecule has 0 fully saturated rings. The predicted molar refractivity (Wildman–Crippen MR) is 67.6 cm³/mol. The van der Waals surface area contributed by atoms with E-state index in [0.29, 0.717) is 0 Å². The van der Waals surface area contributed by atoms with Crippen LogP contribution in [0.15, 0.2) is 30.3 Å². The summed E-state index contributed by atoms with van der Waals surface area (Å²) < 4.78 is 0. The summed E-state index contributed by atoms with van der Waals surface area (Å²) >= 11 is 0. The summed E-state index contributed by atoms with van der Waals surface area (Å²) in [5.41, 5.74) is 0.910. The number of aliphatic hydroxyl groups excluding tert-OH is 1. The smallest absolute Gasteiger partial charge is 0.234 e. The third-order valence-corrected chi connectivity index (χ3v) is 2.39. The molecule has 17 heavy (non-hydrogen) atoms. The SMILES string of the molecule is CC(C)NCC(=O)N[C@H](CO)c1ccccc1. The van der Waals surface area contributed by atoms with Crippen LogP contribution in [0, 0.1) is 0 Å². The van der Waals surface area contributed by atoms with Crippen LogP contribution in [0.25, 0.3) is 0 Å². The zero-order valence-electron chi connectivity index (χ0n) is 10.3. The van der Waals surface area contributed by atoms with Gasteiger partial charge < -0.3 is 15.7 Å². The van der Waals surface area contributed by atoms with Crippen molar-refractivity contribution in [3.8, 4) is 0 Å². The fourth-order valence-electron chi connectivity index (χ4n) is 1.46. The molecule has 4 heteroatoms. The number of aliphatic hydroxyl groups is 1. The highest BCUT2D eigenvalue weighted by Crippen LogP contribution is 2.10. The highest BCUT2D eigenvalue weighted by atomic mass is 16.3. The van der Waals surface area contributed by atoms with Crippen LogP contribution in [0.2, 0.25) is 0 Å². The Morgan fingerprint density at radius 2 is 1.94 bits per heavy atom. The van der Waals surface area contributed by atoms with E-state index in [2.05, 4.69) is 10.6 Å². The van der Waals surface area contributed by atoms with Gasteiger partial charge in [-0.2, -0.15) is 0 Å². The number of benzene rings is 1. The fourth-order valence-corrected chi connectivity index (χ4v) is 1.46. The standard InChI is InChI=1S/C13H20N2O2/c1-10(2)14-8-13(17)15-12(9-16)11-6-4-3-5-7-11/h3-7,10,12,14,16H,8-9H2,1-2H3,(H,15,17)/t12-/m1/s1. The van der Waals surface area contributed by atoms with Crippen LogP contribution >= 0.6 is 0 Å². The van der Waals surface area contributed by atoms with Gasteiger partial charge in [-0.05, 0) is 5.56 Å². The molecular weight excluding hydrogens is 216 g/mol. The largest absolute Gasteiger partial charge is 0.394 e. The lowest BCUT2D eigenvalue weighted by Crippen LogP contribution is -2.39. The van der Waals surface area contributed by atoms with E-state index in [1.54, 1.807) is 0 Å². The third kappa shape index (κ3) is 4.97. The van der Waals surface area contributed by atoms with E-state index >= 15 is 0 Å². The highest BCUT2D eigenvalue weighted by molar-refractivity contribution is 5.78. The van der Waals surface area contributed by atoms with E-state index < -0.39 is 0 Å². The third-order valence-electron chi connectivity index (χ3n) is 2.39. The first-order valence-corrected chi connectivity index (χ1v) is 5.82. The van der Waals surface area contributed by atoms with E-state index in [-0.39, 0.29) is 31.1 Å². The molecule has 0 aliphatic rings. The summed E-state index contributed by atoms with van der Waals surface area (Å²) in [7, 11) is 0. The zero-order valence-corrected chi connectivity index (χ0v) is 10.3. The molecule has 0 saturated heterocycles. The second-order valence-electron chi connectivity index (χ2n) is 4.25. The van der Waals surface area contributed by atoms with Gasteiger partial charge in [-0.25, -0.2) is 0 Å². The van der Waals surface area contributed by atoms with E-state index in [0.717, 1.165) is 5.56 Å². The lowest BCUT2D eigenvalue weighted by molar-refractivity contribution is -0.121. The average molecular weight is 236 g/mol. The number of amides is 1. The van der Waals surface area contributed by atoms with Crippen LogP contribution in [0.1, 0.15) is 25.5 Å². The van der Waals surface area contributed by atoms with Crippen molar-refractivity contribution >= 4 is 5.91 Å². The van der Waals surface area contributed by atoms with Crippen molar-refractivity contribution in [2.75, 3.05) is 13.2 Å². The minimum atomic E-state index is -0.335. The molecule has 4 nitrogen and oxygen atoms in total. The molecule has 0 bridgehead atoms. The molecule has 94 valence electrons. The van der Waals surface area contributed by atoms with Gasteiger partial charge in [0.05, 0.1) is 19.2 Å². The summed E-state index contributed by atoms with van der Waals surface area (Å²) in [6.07, 6.45) is 0. The normalized spacial score (nSPS) is 12.5. The summed E-state index contributed by atoms with van der Waals surface area (Å²) in [6.45, 7) is 4.13. The first kappa shape index (κ1) is 13.7. The Morgan fingerprint density at radius 1 is 1.29 bits per heavy atom. The van der Waals surface area contributed by atoms with Crippen molar-refractivity contribution in [2.24, 2.45) is 0 Å². The summed E-state index contributed by atoms with van der Waals surface area (Å²) in [4.78, 5) is 11.6. The van der Waals surface area contributed by atoms with Crippen LogP contribution in [-0.2, 0) is 4.79 Å². The molecule has 0 heterocycles. The molecule has 0 unspecified atom stereocenters. The molecule has 0 aromatic heterocycles. The minimum Gasteiger partial charge on any atom is -0.394 e. The average Bonchev–Trinajstić information content (AvgIpc) is 2.34. The summed E-state index contributed by atoms with van der Waals surface area (Å²) in [6, 6.07) is 9.38. The molecule has 0 saturated carbocycles. The molecular formula is C13H20N2O2. The molecule has 1 rings (SSSR count). The van der Waals surface area contributed by atoms with Gasteiger partial charge in [0.25, 0.3) is 0 Å². The molecule has 0 aliphatic carbocycles. The Balaban J connectivity index is 2.50. The highest BCUT2D eigenvalue weighted by Gasteiger charge is 2.12. The van der Waals surface area contributed by atoms with Crippen molar-refractivity contribution in [2.45, 2.75) is 25.9 Å². The van der Waals surface area contributed by atoms with Gasteiger partial charge in [0, 0.05) is 6.04 Å². The van der Waals surface area contributed by atoms with Crippen molar-refractivity contribution in [3.63, 3.8) is 0 Å². The molecule has 0 spiro atoms. The van der Waals surface area contributed by atoms with Gasteiger partial charge in [0.1, 0.15) is 0 Å². The number of hydrogen-bond acceptors (Lipinski definition) is 3. The van der Waals surface area contributed by atoms with E-state index in [9.17, 15) is 9.90 Å². The Bertz CT molecular complexity index is 339. The van der Waals surface area contributed by atoms with E-state index in [1.807, 2.05) is 44.2 Å². The molecule has 1 atom stereocenters. The number of carbonyl (C=O) groups excluding carboxylic acids is 1. The molecule has 1 aromatic carbocycles. The molecule has 1 amide bonds. The van der Waals surface area contributed by atoms with Crippen LogP contribution in [-0.4, -0.2) is 30.2 Å². The van der Waals surface area contributed by atoms with Crippen molar-refractivity contribution < 1.29 is 9.90 Å². The molecule has 0 aliphatic heterocycles. The second kappa shape index (κ2) is 7.04. The van der Waals surface area contributed by atoms with Gasteiger partial charge in [-0.15, -0.1) is 0 Å². The van der Waals surface area contributed by atoms with Crippen molar-refractivity contribution in [1.82, 2.24) is 10.6 Å². The first-order chi connectivity index (χ1) is 8.13. The number of rotatable bonds is 6. The Hall–Kier alpha value is -1.39. The first-order valence-electron chi connectivity index (χ1n) is 5.82. The van der Waals surface area contributed by atoms with Gasteiger partial charge >= 0.3 is 0 Å². The lowest BCUT2D eigenvalue weighted by Gasteiger charge is -2.17. The summed E-state index contributed by atoms with van der Waals surface area (Å²) in [5, 5.41) is 15.1. The molecule has 0 radical (unpaired) electrons. The van der Waals surface area contributed by atoms with Gasteiger partial charge in [0.2, 0.25) is 5.91 Å². The summed E-state index contributed by atoms with van der Waals surface area (Å²) in [5.74, 6) is -0.110. The van der Waals surface area contributed by atoms with E-state index in [1.165, 1.54) is 0 Å².